The molecule has 3 aliphatic heterocycles. The molecule has 4 aliphatic rings. The fourth-order valence-electron chi connectivity index (χ4n) is 6.06. The number of alkyl halides is 3. The van der Waals surface area contributed by atoms with Crippen molar-refractivity contribution in [3.63, 3.8) is 0 Å². The molecule has 0 amide bonds. The number of piperazine rings is 1. The Kier molecular flexibility index (Phi) is 7.24. The summed E-state index contributed by atoms with van der Waals surface area (Å²) in [5.74, 6) is 0.430. The second kappa shape index (κ2) is 10.1. The van der Waals surface area contributed by atoms with E-state index in [-0.39, 0.29) is 29.7 Å². The van der Waals surface area contributed by atoms with E-state index in [1.54, 1.807) is 17.3 Å². The summed E-state index contributed by atoms with van der Waals surface area (Å²) in [6, 6.07) is 4.03. The summed E-state index contributed by atoms with van der Waals surface area (Å²) in [4.78, 5) is 2.22. The minimum atomic E-state index is -4.41. The van der Waals surface area contributed by atoms with Gasteiger partial charge in [-0.05, 0) is 44.4 Å². The van der Waals surface area contributed by atoms with Gasteiger partial charge >= 0.3 is 6.18 Å². The highest BCUT2D eigenvalue weighted by atomic mass is 32.2. The molecule has 0 radical (unpaired) electrons. The van der Waals surface area contributed by atoms with Gasteiger partial charge in [0.15, 0.2) is 0 Å². The number of ether oxygens (including phenoxy) is 1. The molecule has 6 nitrogen and oxygen atoms in total. The fourth-order valence-corrected chi connectivity index (χ4v) is 7.14. The van der Waals surface area contributed by atoms with E-state index in [4.69, 9.17) is 4.74 Å². The summed E-state index contributed by atoms with van der Waals surface area (Å²) in [7, 11) is -3.19. The van der Waals surface area contributed by atoms with Crippen LogP contribution in [0.1, 0.15) is 43.4 Å². The number of hydrogen-bond donors (Lipinski definition) is 1. The van der Waals surface area contributed by atoms with E-state index in [0.717, 1.165) is 31.0 Å². The smallest absolute Gasteiger partial charge is 0.381 e. The Morgan fingerprint density at radius 2 is 1.89 bits per heavy atom. The van der Waals surface area contributed by atoms with Crippen molar-refractivity contribution in [2.75, 3.05) is 43.8 Å². The summed E-state index contributed by atoms with van der Waals surface area (Å²) >= 11 is 0. The minimum absolute atomic E-state index is 0.0740. The van der Waals surface area contributed by atoms with E-state index >= 15 is 0 Å². The Morgan fingerprint density at radius 1 is 1.11 bits per heavy atom. The van der Waals surface area contributed by atoms with Crippen LogP contribution in [0.3, 0.4) is 0 Å². The quantitative estimate of drug-likeness (QED) is 0.616. The number of rotatable bonds is 5. The lowest BCUT2D eigenvalue weighted by atomic mass is 9.73. The van der Waals surface area contributed by atoms with Crippen molar-refractivity contribution in [2.24, 2.45) is 11.8 Å². The molecule has 0 spiro atoms. The highest BCUT2D eigenvalue weighted by molar-refractivity contribution is 7.89. The van der Waals surface area contributed by atoms with E-state index in [9.17, 15) is 21.6 Å². The van der Waals surface area contributed by atoms with E-state index in [0.29, 0.717) is 38.3 Å². The second-order valence-electron chi connectivity index (χ2n) is 10.2. The van der Waals surface area contributed by atoms with E-state index < -0.39 is 27.9 Å². The normalized spacial score (nSPS) is 31.5. The third-order valence-corrected chi connectivity index (χ3v) is 9.93. The van der Waals surface area contributed by atoms with Gasteiger partial charge in [0, 0.05) is 61.9 Å². The van der Waals surface area contributed by atoms with Crippen LogP contribution in [0.5, 0.6) is 0 Å². The largest absolute Gasteiger partial charge is 0.416 e. The lowest BCUT2D eigenvalue weighted by molar-refractivity contribution is -0.138. The van der Waals surface area contributed by atoms with Crippen LogP contribution in [-0.2, 0) is 20.9 Å². The topological polar surface area (TPSA) is 61.9 Å². The summed E-state index contributed by atoms with van der Waals surface area (Å²) in [6.45, 7) is 4.49. The molecule has 5 atom stereocenters. The van der Waals surface area contributed by atoms with E-state index in [1.165, 1.54) is 6.07 Å². The lowest BCUT2D eigenvalue weighted by Crippen LogP contribution is -2.52. The summed E-state index contributed by atoms with van der Waals surface area (Å²) < 4.78 is 73.1. The molecule has 2 fully saturated rings. The number of anilines is 1. The number of halogens is 3. The monoisotopic (exact) mass is 525 g/mol. The van der Waals surface area contributed by atoms with Crippen molar-refractivity contribution in [3.05, 3.63) is 53.6 Å². The highest BCUT2D eigenvalue weighted by Gasteiger charge is 2.45. The Morgan fingerprint density at radius 3 is 2.56 bits per heavy atom. The average molecular weight is 526 g/mol. The van der Waals surface area contributed by atoms with Crippen LogP contribution >= 0.6 is 0 Å². The summed E-state index contributed by atoms with van der Waals surface area (Å²) in [5, 5.41) is 3.56. The van der Waals surface area contributed by atoms with Crippen LogP contribution in [0.25, 0.3) is 0 Å². The van der Waals surface area contributed by atoms with E-state index in [2.05, 4.69) is 22.4 Å². The molecule has 36 heavy (non-hydrogen) atoms. The van der Waals surface area contributed by atoms with Gasteiger partial charge in [-0.3, -0.25) is 4.90 Å². The molecule has 1 N–H and O–H groups in total. The highest BCUT2D eigenvalue weighted by Crippen LogP contribution is 2.49. The Labute approximate surface area is 211 Å². The summed E-state index contributed by atoms with van der Waals surface area (Å²) in [5.41, 5.74) is 0.654. The number of benzene rings is 1. The minimum Gasteiger partial charge on any atom is -0.381 e. The first-order chi connectivity index (χ1) is 17.2. The molecule has 2 saturated heterocycles. The van der Waals surface area contributed by atoms with Gasteiger partial charge in [-0.25, -0.2) is 8.42 Å². The van der Waals surface area contributed by atoms with Crippen molar-refractivity contribution >= 4 is 15.7 Å². The zero-order chi connectivity index (χ0) is 25.5. The van der Waals surface area contributed by atoms with Crippen molar-refractivity contribution < 1.29 is 26.3 Å². The maximum Gasteiger partial charge on any atom is 0.416 e. The van der Waals surface area contributed by atoms with Gasteiger partial charge in [0.2, 0.25) is 10.0 Å². The van der Waals surface area contributed by atoms with Crippen LogP contribution in [0.2, 0.25) is 0 Å². The molecule has 3 heterocycles. The van der Waals surface area contributed by atoms with Crippen LogP contribution in [-0.4, -0.2) is 68.2 Å². The molecule has 0 bridgehead atoms. The average Bonchev–Trinajstić information content (AvgIpc) is 2.88. The van der Waals surface area contributed by atoms with Crippen molar-refractivity contribution in [1.82, 2.24) is 9.21 Å². The molecule has 5 rings (SSSR count). The number of nitrogens with one attached hydrogen (secondary N) is 1. The molecule has 0 aromatic heterocycles. The van der Waals surface area contributed by atoms with Gasteiger partial charge in [0.05, 0.1) is 23.5 Å². The molecule has 1 aromatic carbocycles. The molecule has 10 heteroatoms. The zero-order valence-corrected chi connectivity index (χ0v) is 21.3. The summed E-state index contributed by atoms with van der Waals surface area (Å²) in [6.07, 6.45) is 6.03. The maximum absolute atomic E-state index is 13.5. The maximum atomic E-state index is 13.5. The second-order valence-corrected chi connectivity index (χ2v) is 12.5. The van der Waals surface area contributed by atoms with Crippen molar-refractivity contribution in [1.29, 1.82) is 0 Å². The van der Waals surface area contributed by atoms with Crippen molar-refractivity contribution in [3.8, 4) is 0 Å². The van der Waals surface area contributed by atoms with Crippen LogP contribution in [0.4, 0.5) is 18.9 Å². The Bertz CT molecular complexity index is 1110. The number of hydrogen-bond acceptors (Lipinski definition) is 5. The first-order valence-electron chi connectivity index (χ1n) is 12.8. The van der Waals surface area contributed by atoms with Crippen LogP contribution < -0.4 is 5.32 Å². The first kappa shape index (κ1) is 25.8. The third kappa shape index (κ3) is 5.23. The SMILES string of the molecule is CCS(=O)(=O)N1CCN(C[C@H]2CC[C@@H]3[C@H](O2)c2cc(C(F)(F)F)ccc2N[C@H]3C2C=CC=CC2)CC1. The van der Waals surface area contributed by atoms with Gasteiger partial charge in [-0.15, -0.1) is 0 Å². The van der Waals surface area contributed by atoms with Crippen LogP contribution in [0, 0.1) is 11.8 Å². The van der Waals surface area contributed by atoms with Gasteiger partial charge in [0.1, 0.15) is 0 Å². The Balaban J connectivity index is 1.34. The molecule has 198 valence electrons. The number of allylic oxidation sites excluding steroid dienone is 3. The molecular weight excluding hydrogens is 491 g/mol. The van der Waals surface area contributed by atoms with Gasteiger partial charge in [-0.1, -0.05) is 24.3 Å². The third-order valence-electron chi connectivity index (χ3n) is 8.05. The van der Waals surface area contributed by atoms with Gasteiger partial charge in [0.25, 0.3) is 0 Å². The number of fused-ring (bicyclic) bond motifs is 3. The van der Waals surface area contributed by atoms with Gasteiger partial charge < -0.3 is 10.1 Å². The first-order valence-corrected chi connectivity index (χ1v) is 14.4. The molecule has 1 aliphatic carbocycles. The number of sulfonamides is 1. The van der Waals surface area contributed by atoms with Crippen LogP contribution in [0.15, 0.2) is 42.5 Å². The number of nitrogens with zero attached hydrogens (tertiary/aromatic N) is 2. The zero-order valence-electron chi connectivity index (χ0n) is 20.5. The van der Waals surface area contributed by atoms with Gasteiger partial charge in [-0.2, -0.15) is 17.5 Å². The molecule has 1 unspecified atom stereocenters. The Hall–Kier alpha value is -1.88. The lowest BCUT2D eigenvalue weighted by Gasteiger charge is -2.48. The predicted octanol–water partition coefficient (Wildman–Crippen LogP) is 4.44. The molecule has 0 saturated carbocycles. The van der Waals surface area contributed by atoms with Crippen molar-refractivity contribution in [2.45, 2.75) is 50.6 Å². The molecular formula is C26H34F3N3O3S. The standard InChI is InChI=1S/C26H34F3N3O3S/c1-2-36(33,34)32-14-12-31(13-15-32)17-20-9-10-21-24(18-6-4-3-5-7-18)30-23-11-8-19(26(27,28)29)16-22(23)25(21)35-20/h3-6,8,11,16,18,20-21,24-25,30H,2,7,9-10,12-15,17H2,1H3/t18?,20-,21+,24+,25+/m1/s1. The van der Waals surface area contributed by atoms with E-state index in [1.807, 2.05) is 12.2 Å². The predicted molar refractivity (Wildman–Crippen MR) is 133 cm³/mol. The molecule has 1 aromatic rings. The fraction of sp³-hybridized carbons (Fsp3) is 0.615.